The molecule has 0 aliphatic carbocycles. The number of rotatable bonds is 4. The maximum Gasteiger partial charge on any atom is 0.237 e. The SMILES string of the molecule is CCSCCC1NCCNC1=O. The summed E-state index contributed by atoms with van der Waals surface area (Å²) >= 11 is 1.88. The van der Waals surface area contributed by atoms with Crippen molar-refractivity contribution in [2.75, 3.05) is 24.6 Å². The summed E-state index contributed by atoms with van der Waals surface area (Å²) in [4.78, 5) is 11.2. The van der Waals surface area contributed by atoms with Crippen molar-refractivity contribution in [2.45, 2.75) is 19.4 Å². The van der Waals surface area contributed by atoms with Crippen LogP contribution < -0.4 is 10.6 Å². The van der Waals surface area contributed by atoms with E-state index >= 15 is 0 Å². The van der Waals surface area contributed by atoms with Crippen molar-refractivity contribution >= 4 is 17.7 Å². The van der Waals surface area contributed by atoms with Gasteiger partial charge in [0.15, 0.2) is 0 Å². The Morgan fingerprint density at radius 1 is 1.58 bits per heavy atom. The molecule has 1 heterocycles. The summed E-state index contributed by atoms with van der Waals surface area (Å²) in [6.07, 6.45) is 0.949. The van der Waals surface area contributed by atoms with E-state index in [0.29, 0.717) is 0 Å². The Morgan fingerprint density at radius 2 is 2.42 bits per heavy atom. The zero-order chi connectivity index (χ0) is 8.81. The summed E-state index contributed by atoms with van der Waals surface area (Å²) in [5, 5.41) is 6.05. The highest BCUT2D eigenvalue weighted by Gasteiger charge is 2.19. The van der Waals surface area contributed by atoms with E-state index in [1.807, 2.05) is 11.8 Å². The maximum atomic E-state index is 11.2. The lowest BCUT2D eigenvalue weighted by molar-refractivity contribution is -0.124. The topological polar surface area (TPSA) is 41.1 Å². The van der Waals surface area contributed by atoms with Gasteiger partial charge in [-0.3, -0.25) is 4.79 Å². The number of amides is 1. The van der Waals surface area contributed by atoms with Gasteiger partial charge in [-0.15, -0.1) is 0 Å². The molecular formula is C8H16N2OS. The van der Waals surface area contributed by atoms with Crippen molar-refractivity contribution in [3.8, 4) is 0 Å². The van der Waals surface area contributed by atoms with Gasteiger partial charge in [0, 0.05) is 13.1 Å². The zero-order valence-corrected chi connectivity index (χ0v) is 8.25. The summed E-state index contributed by atoms with van der Waals surface area (Å²) in [5.74, 6) is 2.37. The second-order valence-electron chi connectivity index (χ2n) is 2.78. The molecule has 0 aromatic rings. The van der Waals surface area contributed by atoms with E-state index in [-0.39, 0.29) is 11.9 Å². The van der Waals surface area contributed by atoms with Crippen LogP contribution in [0.15, 0.2) is 0 Å². The highest BCUT2D eigenvalue weighted by Crippen LogP contribution is 2.05. The van der Waals surface area contributed by atoms with Gasteiger partial charge < -0.3 is 10.6 Å². The molecule has 1 rings (SSSR count). The molecule has 0 saturated carbocycles. The van der Waals surface area contributed by atoms with E-state index < -0.39 is 0 Å². The minimum atomic E-state index is 0.0535. The molecule has 0 bridgehead atoms. The van der Waals surface area contributed by atoms with E-state index in [1.54, 1.807) is 0 Å². The fraction of sp³-hybridized carbons (Fsp3) is 0.875. The van der Waals surface area contributed by atoms with Crippen molar-refractivity contribution in [2.24, 2.45) is 0 Å². The first-order valence-electron chi connectivity index (χ1n) is 4.43. The van der Waals surface area contributed by atoms with Gasteiger partial charge >= 0.3 is 0 Å². The fourth-order valence-electron chi connectivity index (χ4n) is 1.23. The Balaban J connectivity index is 2.16. The molecule has 1 fully saturated rings. The van der Waals surface area contributed by atoms with Crippen molar-refractivity contribution in [3.05, 3.63) is 0 Å². The van der Waals surface area contributed by atoms with Gasteiger partial charge in [-0.2, -0.15) is 11.8 Å². The third kappa shape index (κ3) is 3.03. The van der Waals surface area contributed by atoms with Crippen molar-refractivity contribution in [1.29, 1.82) is 0 Å². The molecule has 1 amide bonds. The number of nitrogens with one attached hydrogen (secondary N) is 2. The quantitative estimate of drug-likeness (QED) is 0.620. The van der Waals surface area contributed by atoms with Gasteiger partial charge in [0.25, 0.3) is 0 Å². The Morgan fingerprint density at radius 3 is 3.08 bits per heavy atom. The summed E-state index contributed by atoms with van der Waals surface area (Å²) in [5.41, 5.74) is 0. The van der Waals surface area contributed by atoms with E-state index in [2.05, 4.69) is 17.6 Å². The molecule has 2 N–H and O–H groups in total. The normalized spacial score (nSPS) is 23.8. The Kier molecular flexibility index (Phi) is 4.46. The van der Waals surface area contributed by atoms with Crippen LogP contribution in [0.25, 0.3) is 0 Å². The third-order valence-corrected chi connectivity index (χ3v) is 2.82. The molecule has 0 radical (unpaired) electrons. The van der Waals surface area contributed by atoms with Crippen LogP contribution in [0.4, 0.5) is 0 Å². The number of hydrogen-bond donors (Lipinski definition) is 2. The largest absolute Gasteiger partial charge is 0.353 e. The second-order valence-corrected chi connectivity index (χ2v) is 4.18. The maximum absolute atomic E-state index is 11.2. The summed E-state index contributed by atoms with van der Waals surface area (Å²) in [6, 6.07) is 0.0535. The molecule has 0 aromatic carbocycles. The van der Waals surface area contributed by atoms with Gasteiger partial charge in [-0.1, -0.05) is 6.92 Å². The van der Waals surface area contributed by atoms with Crippen molar-refractivity contribution in [3.63, 3.8) is 0 Å². The summed E-state index contributed by atoms with van der Waals surface area (Å²) in [7, 11) is 0. The first-order valence-corrected chi connectivity index (χ1v) is 5.59. The molecule has 0 spiro atoms. The Labute approximate surface area is 77.7 Å². The number of carbonyl (C=O) groups is 1. The van der Waals surface area contributed by atoms with Crippen molar-refractivity contribution in [1.82, 2.24) is 10.6 Å². The van der Waals surface area contributed by atoms with E-state index in [1.165, 1.54) is 0 Å². The van der Waals surface area contributed by atoms with Crippen LogP contribution in [-0.2, 0) is 4.79 Å². The standard InChI is InChI=1S/C8H16N2OS/c1-2-12-6-3-7-8(11)10-5-4-9-7/h7,9H,2-6H2,1H3,(H,10,11). The first kappa shape index (κ1) is 9.86. The second kappa shape index (κ2) is 5.43. The van der Waals surface area contributed by atoms with Crippen LogP contribution in [0.1, 0.15) is 13.3 Å². The number of carbonyl (C=O) groups excluding carboxylic acids is 1. The summed E-state index contributed by atoms with van der Waals surface area (Å²) < 4.78 is 0. The fourth-order valence-corrected chi connectivity index (χ4v) is 1.92. The third-order valence-electron chi connectivity index (χ3n) is 1.89. The number of piperazine rings is 1. The lowest BCUT2D eigenvalue weighted by Gasteiger charge is -2.23. The van der Waals surface area contributed by atoms with Crippen LogP contribution in [0.3, 0.4) is 0 Å². The molecular weight excluding hydrogens is 172 g/mol. The van der Waals surface area contributed by atoms with Gasteiger partial charge in [0.2, 0.25) is 5.91 Å². The smallest absolute Gasteiger partial charge is 0.237 e. The summed E-state index contributed by atoms with van der Waals surface area (Å²) in [6.45, 7) is 3.82. The molecule has 4 heteroatoms. The lowest BCUT2D eigenvalue weighted by Crippen LogP contribution is -2.52. The van der Waals surface area contributed by atoms with E-state index in [4.69, 9.17) is 0 Å². The minimum absolute atomic E-state index is 0.0535. The average molecular weight is 188 g/mol. The van der Waals surface area contributed by atoms with Crippen LogP contribution in [-0.4, -0.2) is 36.5 Å². The van der Waals surface area contributed by atoms with Gasteiger partial charge in [0.05, 0.1) is 6.04 Å². The highest BCUT2D eigenvalue weighted by molar-refractivity contribution is 7.99. The van der Waals surface area contributed by atoms with Gasteiger partial charge in [-0.25, -0.2) is 0 Å². The molecule has 1 saturated heterocycles. The van der Waals surface area contributed by atoms with Crippen LogP contribution >= 0.6 is 11.8 Å². The molecule has 1 aliphatic heterocycles. The first-order chi connectivity index (χ1) is 5.84. The Hall–Kier alpha value is -0.220. The molecule has 1 aliphatic rings. The molecule has 12 heavy (non-hydrogen) atoms. The number of hydrogen-bond acceptors (Lipinski definition) is 3. The molecule has 0 aromatic heterocycles. The van der Waals surface area contributed by atoms with E-state index in [0.717, 1.165) is 31.0 Å². The predicted octanol–water partition coefficient (Wildman–Crippen LogP) is 0.218. The van der Waals surface area contributed by atoms with Crippen molar-refractivity contribution < 1.29 is 4.79 Å². The molecule has 1 unspecified atom stereocenters. The minimum Gasteiger partial charge on any atom is -0.353 e. The van der Waals surface area contributed by atoms with Crippen LogP contribution in [0.5, 0.6) is 0 Å². The number of thioether (sulfide) groups is 1. The van der Waals surface area contributed by atoms with Crippen LogP contribution in [0, 0.1) is 0 Å². The predicted molar refractivity (Wildman–Crippen MR) is 52.4 cm³/mol. The van der Waals surface area contributed by atoms with Gasteiger partial charge in [0.1, 0.15) is 0 Å². The Bertz CT molecular complexity index is 152. The van der Waals surface area contributed by atoms with E-state index in [9.17, 15) is 4.79 Å². The zero-order valence-electron chi connectivity index (χ0n) is 7.43. The molecule has 1 atom stereocenters. The molecule has 70 valence electrons. The molecule has 3 nitrogen and oxygen atoms in total. The highest BCUT2D eigenvalue weighted by atomic mass is 32.2. The lowest BCUT2D eigenvalue weighted by atomic mass is 10.2. The monoisotopic (exact) mass is 188 g/mol. The van der Waals surface area contributed by atoms with Gasteiger partial charge in [-0.05, 0) is 17.9 Å². The average Bonchev–Trinajstić information content (AvgIpc) is 2.09. The van der Waals surface area contributed by atoms with Crippen LogP contribution in [0.2, 0.25) is 0 Å².